The number of aryl methyl sites for hydroxylation is 2. The molecule has 0 aliphatic carbocycles. The van der Waals surface area contributed by atoms with Crippen LogP contribution in [0.5, 0.6) is 0 Å². The number of nitrogens with zero attached hydrogens (tertiary/aromatic N) is 3. The summed E-state index contributed by atoms with van der Waals surface area (Å²) in [5.41, 5.74) is 2.84. The summed E-state index contributed by atoms with van der Waals surface area (Å²) < 4.78 is 16.5. The Morgan fingerprint density at radius 2 is 1.86 bits per heavy atom. The van der Waals surface area contributed by atoms with Crippen LogP contribution in [-0.4, -0.2) is 20.1 Å². The third-order valence-electron chi connectivity index (χ3n) is 4.93. The number of nitrogens with one attached hydrogen (secondary N) is 1. The predicted molar refractivity (Wildman–Crippen MR) is 109 cm³/mol. The van der Waals surface area contributed by atoms with Crippen LogP contribution >= 0.6 is 0 Å². The second-order valence-electron chi connectivity index (χ2n) is 7.06. The van der Waals surface area contributed by atoms with Gasteiger partial charge in [-0.1, -0.05) is 36.8 Å². The number of fused-ring (bicyclic) bond motifs is 3. The number of halogens is 1. The average Bonchev–Trinajstić information content (AvgIpc) is 3.08. The second kappa shape index (κ2) is 7.50. The van der Waals surface area contributed by atoms with E-state index in [9.17, 15) is 14.0 Å². The number of carbonyl (C=O) groups excluding carboxylic acids is 1. The van der Waals surface area contributed by atoms with Crippen LogP contribution in [0.25, 0.3) is 16.4 Å². The normalized spacial score (nSPS) is 11.3. The number of benzene rings is 2. The quantitative estimate of drug-likeness (QED) is 0.568. The van der Waals surface area contributed by atoms with E-state index in [0.29, 0.717) is 29.7 Å². The third-order valence-corrected chi connectivity index (χ3v) is 4.93. The van der Waals surface area contributed by atoms with Crippen molar-refractivity contribution in [3.8, 4) is 0 Å². The number of hydrogen-bond acceptors (Lipinski definition) is 3. The number of aromatic nitrogens is 3. The fraction of sp³-hybridized carbons (Fsp3) is 0.227. The molecule has 0 atom stereocenters. The summed E-state index contributed by atoms with van der Waals surface area (Å²) in [6.45, 7) is 4.12. The van der Waals surface area contributed by atoms with Gasteiger partial charge in [-0.3, -0.25) is 14.0 Å². The van der Waals surface area contributed by atoms with Crippen molar-refractivity contribution < 1.29 is 9.18 Å². The Labute approximate surface area is 166 Å². The summed E-state index contributed by atoms with van der Waals surface area (Å²) in [6.07, 6.45) is 0.558. The van der Waals surface area contributed by atoms with Gasteiger partial charge in [-0.15, -0.1) is 0 Å². The smallest absolute Gasteiger partial charge is 0.291 e. The molecule has 0 saturated carbocycles. The lowest BCUT2D eigenvalue weighted by Gasteiger charge is -2.11. The molecular weight excluding hydrogens is 371 g/mol. The Balaban J connectivity index is 1.64. The summed E-state index contributed by atoms with van der Waals surface area (Å²) in [4.78, 5) is 25.3. The summed E-state index contributed by atoms with van der Waals surface area (Å²) in [7, 11) is 0. The Bertz CT molecular complexity index is 1270. The van der Waals surface area contributed by atoms with Crippen molar-refractivity contribution in [3.05, 3.63) is 81.7 Å². The van der Waals surface area contributed by atoms with Crippen LogP contribution < -0.4 is 10.9 Å². The molecule has 2 aromatic heterocycles. The molecule has 7 heteroatoms. The van der Waals surface area contributed by atoms with Crippen molar-refractivity contribution in [1.29, 1.82) is 0 Å². The fourth-order valence-electron chi connectivity index (χ4n) is 3.42. The molecule has 0 bridgehead atoms. The van der Waals surface area contributed by atoms with Gasteiger partial charge in [0.2, 0.25) is 5.91 Å². The highest BCUT2D eigenvalue weighted by atomic mass is 19.1. The first-order valence-electron chi connectivity index (χ1n) is 9.49. The lowest BCUT2D eigenvalue weighted by atomic mass is 10.1. The van der Waals surface area contributed by atoms with Gasteiger partial charge in [0.15, 0.2) is 0 Å². The molecule has 0 aliphatic heterocycles. The molecule has 4 rings (SSSR count). The van der Waals surface area contributed by atoms with E-state index in [4.69, 9.17) is 0 Å². The molecule has 6 nitrogen and oxygen atoms in total. The van der Waals surface area contributed by atoms with Gasteiger partial charge in [0.05, 0.1) is 5.52 Å². The van der Waals surface area contributed by atoms with Gasteiger partial charge in [0.1, 0.15) is 23.7 Å². The monoisotopic (exact) mass is 392 g/mol. The van der Waals surface area contributed by atoms with Crippen molar-refractivity contribution >= 4 is 22.3 Å². The molecule has 2 aromatic carbocycles. The number of carbonyl (C=O) groups is 1. The van der Waals surface area contributed by atoms with Gasteiger partial charge >= 0.3 is 0 Å². The van der Waals surface area contributed by atoms with Gasteiger partial charge in [-0.05, 0) is 36.8 Å². The van der Waals surface area contributed by atoms with Crippen molar-refractivity contribution in [3.63, 3.8) is 0 Å². The highest BCUT2D eigenvalue weighted by Crippen LogP contribution is 2.20. The molecule has 0 saturated heterocycles. The maximum Gasteiger partial charge on any atom is 0.291 e. The minimum absolute atomic E-state index is 0.177. The van der Waals surface area contributed by atoms with Crippen molar-refractivity contribution in [2.24, 2.45) is 0 Å². The first-order chi connectivity index (χ1) is 14.0. The lowest BCUT2D eigenvalue weighted by molar-refractivity contribution is -0.122. The van der Waals surface area contributed by atoms with E-state index in [1.165, 1.54) is 16.8 Å². The molecule has 0 aliphatic rings. The molecule has 0 fully saturated rings. The minimum Gasteiger partial charge on any atom is -0.350 e. The highest BCUT2D eigenvalue weighted by molar-refractivity contribution is 5.87. The van der Waals surface area contributed by atoms with E-state index in [2.05, 4.69) is 10.4 Å². The number of hydrogen-bond donors (Lipinski definition) is 1. The Hall–Kier alpha value is -3.48. The first kappa shape index (κ1) is 18.9. The Morgan fingerprint density at radius 3 is 2.59 bits per heavy atom. The van der Waals surface area contributed by atoms with Crippen LogP contribution in [0.15, 0.2) is 53.3 Å². The maximum atomic E-state index is 13.6. The van der Waals surface area contributed by atoms with Gasteiger partial charge < -0.3 is 5.32 Å². The van der Waals surface area contributed by atoms with Gasteiger partial charge in [-0.2, -0.15) is 5.10 Å². The summed E-state index contributed by atoms with van der Waals surface area (Å²) in [5.74, 6) is -0.0310. The van der Waals surface area contributed by atoms with Crippen LogP contribution in [0.2, 0.25) is 0 Å². The van der Waals surface area contributed by atoms with Crippen LogP contribution in [0.3, 0.4) is 0 Å². The number of amides is 1. The summed E-state index contributed by atoms with van der Waals surface area (Å²) in [5, 5.41) is 7.83. The van der Waals surface area contributed by atoms with E-state index in [1.54, 1.807) is 16.5 Å². The van der Waals surface area contributed by atoms with E-state index in [-0.39, 0.29) is 23.8 Å². The van der Waals surface area contributed by atoms with E-state index in [1.807, 2.05) is 38.1 Å². The molecular formula is C22H21FN4O2. The van der Waals surface area contributed by atoms with E-state index < -0.39 is 0 Å². The van der Waals surface area contributed by atoms with Gasteiger partial charge in [0.25, 0.3) is 5.56 Å². The molecule has 1 N–H and O–H groups in total. The van der Waals surface area contributed by atoms with Crippen molar-refractivity contribution in [1.82, 2.24) is 19.5 Å². The first-order valence-corrected chi connectivity index (χ1v) is 9.49. The zero-order valence-electron chi connectivity index (χ0n) is 16.3. The van der Waals surface area contributed by atoms with Crippen LogP contribution in [-0.2, 0) is 24.3 Å². The zero-order valence-corrected chi connectivity index (χ0v) is 16.3. The summed E-state index contributed by atoms with van der Waals surface area (Å²) >= 11 is 0. The molecule has 0 unspecified atom stereocenters. The standard InChI is InChI=1S/C22H21FN4O2/c1-3-20-25-26(13-21(28)24-12-15-6-4-14(2)5-7-15)22(29)19-11-16-10-17(23)8-9-18(16)27(19)20/h4-11H,3,12-13H2,1-2H3,(H,24,28). The predicted octanol–water partition coefficient (Wildman–Crippen LogP) is 2.98. The van der Waals surface area contributed by atoms with Gasteiger partial charge in [0, 0.05) is 18.4 Å². The minimum atomic E-state index is -0.385. The van der Waals surface area contributed by atoms with Crippen LogP contribution in [0, 0.1) is 12.7 Å². The lowest BCUT2D eigenvalue weighted by Crippen LogP contribution is -2.35. The molecule has 0 spiro atoms. The Kier molecular flexibility index (Phi) is 4.88. The Morgan fingerprint density at radius 1 is 1.10 bits per heavy atom. The molecule has 148 valence electrons. The van der Waals surface area contributed by atoms with Crippen LogP contribution in [0.1, 0.15) is 23.9 Å². The van der Waals surface area contributed by atoms with Crippen molar-refractivity contribution in [2.45, 2.75) is 33.4 Å². The maximum absolute atomic E-state index is 13.6. The van der Waals surface area contributed by atoms with Gasteiger partial charge in [-0.25, -0.2) is 9.07 Å². The summed E-state index contributed by atoms with van der Waals surface area (Å²) in [6, 6.07) is 13.9. The topological polar surface area (TPSA) is 68.4 Å². The molecule has 0 radical (unpaired) electrons. The second-order valence-corrected chi connectivity index (χ2v) is 7.06. The molecule has 29 heavy (non-hydrogen) atoms. The van der Waals surface area contributed by atoms with Crippen LogP contribution in [0.4, 0.5) is 4.39 Å². The molecule has 1 amide bonds. The molecule has 2 heterocycles. The van der Waals surface area contributed by atoms with E-state index in [0.717, 1.165) is 16.6 Å². The number of rotatable bonds is 5. The SMILES string of the molecule is CCc1nn(CC(=O)NCc2ccc(C)cc2)c(=O)c2cc3cc(F)ccc3n12. The third kappa shape index (κ3) is 3.63. The zero-order chi connectivity index (χ0) is 20.5. The largest absolute Gasteiger partial charge is 0.350 e. The fourth-order valence-corrected chi connectivity index (χ4v) is 3.42. The highest BCUT2D eigenvalue weighted by Gasteiger charge is 2.15. The van der Waals surface area contributed by atoms with Crippen molar-refractivity contribution in [2.75, 3.05) is 0 Å². The average molecular weight is 392 g/mol. The molecule has 4 aromatic rings. The van der Waals surface area contributed by atoms with E-state index >= 15 is 0 Å².